The number of nitrogens with one attached hydrogen (secondary N) is 2. The molecule has 1 saturated carbocycles. The summed E-state index contributed by atoms with van der Waals surface area (Å²) in [5, 5.41) is 22.8. The van der Waals surface area contributed by atoms with Crippen molar-refractivity contribution in [1.29, 1.82) is 0 Å². The summed E-state index contributed by atoms with van der Waals surface area (Å²) in [6.07, 6.45) is 2.00. The van der Waals surface area contributed by atoms with Crippen molar-refractivity contribution in [3.05, 3.63) is 0 Å². The van der Waals surface area contributed by atoms with Gasteiger partial charge in [-0.05, 0) is 12.8 Å². The molecule has 9 heteroatoms. The van der Waals surface area contributed by atoms with Gasteiger partial charge in [-0.1, -0.05) is 23.1 Å². The molecule has 1 aliphatic carbocycles. The minimum atomic E-state index is -0.877. The second-order valence-electron chi connectivity index (χ2n) is 4.05. The second kappa shape index (κ2) is 6.71. The number of anilines is 1. The van der Waals surface area contributed by atoms with Crippen LogP contribution in [0, 0.1) is 5.92 Å². The zero-order chi connectivity index (χ0) is 13.7. The van der Waals surface area contributed by atoms with E-state index in [1.807, 2.05) is 0 Å². The molecule has 7 nitrogen and oxygen atoms in total. The number of rotatable bonds is 8. The Morgan fingerprint density at radius 2 is 2.16 bits per heavy atom. The maximum absolute atomic E-state index is 11.3. The number of carboxylic acids is 1. The molecule has 0 aromatic carbocycles. The monoisotopic (exact) mass is 302 g/mol. The molecule has 19 heavy (non-hydrogen) atoms. The maximum atomic E-state index is 11.3. The number of carbonyl (C=O) groups excluding carboxylic acids is 1. The highest BCUT2D eigenvalue weighted by molar-refractivity contribution is 8.01. The summed E-state index contributed by atoms with van der Waals surface area (Å²) in [6.45, 7) is 1.13. The number of aromatic nitrogens is 2. The zero-order valence-electron chi connectivity index (χ0n) is 10.1. The quantitative estimate of drug-likeness (QED) is 0.478. The molecule has 1 aromatic rings. The lowest BCUT2D eigenvalue weighted by molar-refractivity contribution is -0.134. The second-order valence-corrected chi connectivity index (χ2v) is 6.25. The average Bonchev–Trinajstić information content (AvgIpc) is 3.13. The third kappa shape index (κ3) is 5.03. The lowest BCUT2D eigenvalue weighted by Gasteiger charge is -2.04. The van der Waals surface area contributed by atoms with E-state index in [0.29, 0.717) is 22.6 Å². The minimum absolute atomic E-state index is 0.0217. The predicted octanol–water partition coefficient (Wildman–Crippen LogP) is 0.653. The molecule has 1 fully saturated rings. The van der Waals surface area contributed by atoms with Gasteiger partial charge in [0.15, 0.2) is 4.34 Å². The first kappa shape index (κ1) is 14.1. The highest BCUT2D eigenvalue weighted by Gasteiger charge is 2.28. The van der Waals surface area contributed by atoms with Crippen LogP contribution in [-0.4, -0.2) is 46.0 Å². The maximum Gasteiger partial charge on any atom is 0.313 e. The summed E-state index contributed by atoms with van der Waals surface area (Å²) in [7, 11) is 0. The van der Waals surface area contributed by atoms with Crippen LogP contribution in [0.1, 0.15) is 12.8 Å². The third-order valence-corrected chi connectivity index (χ3v) is 4.37. The number of amides is 1. The molecular formula is C10H14N4O3S2. The SMILES string of the molecule is O=C(O)CSc1nnc(NCCNC(=O)C2CC2)s1. The van der Waals surface area contributed by atoms with Crippen LogP contribution in [0.25, 0.3) is 0 Å². The van der Waals surface area contributed by atoms with E-state index in [4.69, 9.17) is 5.11 Å². The summed E-state index contributed by atoms with van der Waals surface area (Å²) in [6, 6.07) is 0. The first-order chi connectivity index (χ1) is 9.15. The van der Waals surface area contributed by atoms with Crippen molar-refractivity contribution in [1.82, 2.24) is 15.5 Å². The molecule has 104 valence electrons. The lowest BCUT2D eigenvalue weighted by Crippen LogP contribution is -2.29. The van der Waals surface area contributed by atoms with E-state index in [1.165, 1.54) is 11.3 Å². The van der Waals surface area contributed by atoms with E-state index in [-0.39, 0.29) is 17.6 Å². The number of hydrogen-bond donors (Lipinski definition) is 3. The van der Waals surface area contributed by atoms with Gasteiger partial charge >= 0.3 is 5.97 Å². The van der Waals surface area contributed by atoms with Crippen molar-refractivity contribution in [2.75, 3.05) is 24.2 Å². The van der Waals surface area contributed by atoms with Gasteiger partial charge in [0.2, 0.25) is 11.0 Å². The van der Waals surface area contributed by atoms with E-state index in [9.17, 15) is 9.59 Å². The number of aliphatic carboxylic acids is 1. The van der Waals surface area contributed by atoms with Crippen LogP contribution in [0.4, 0.5) is 5.13 Å². The van der Waals surface area contributed by atoms with Crippen LogP contribution in [0.15, 0.2) is 4.34 Å². The van der Waals surface area contributed by atoms with Gasteiger partial charge in [0.25, 0.3) is 0 Å². The number of thioether (sulfide) groups is 1. The fourth-order valence-electron chi connectivity index (χ4n) is 1.31. The Labute approximate surface area is 118 Å². The van der Waals surface area contributed by atoms with Crippen molar-refractivity contribution in [3.63, 3.8) is 0 Å². The molecule has 0 spiro atoms. The Morgan fingerprint density at radius 3 is 2.84 bits per heavy atom. The number of hydrogen-bond acceptors (Lipinski definition) is 7. The lowest BCUT2D eigenvalue weighted by atomic mass is 10.4. The molecule has 3 N–H and O–H groups in total. The van der Waals surface area contributed by atoms with Crippen molar-refractivity contribution in [2.45, 2.75) is 17.2 Å². The van der Waals surface area contributed by atoms with E-state index in [0.717, 1.165) is 24.6 Å². The molecule has 2 rings (SSSR count). The molecule has 0 saturated heterocycles. The van der Waals surface area contributed by atoms with Gasteiger partial charge in [-0.15, -0.1) is 10.2 Å². The van der Waals surface area contributed by atoms with Crippen LogP contribution in [0.5, 0.6) is 0 Å². The Bertz CT molecular complexity index is 461. The van der Waals surface area contributed by atoms with E-state index < -0.39 is 5.97 Å². The van der Waals surface area contributed by atoms with Crippen LogP contribution in [-0.2, 0) is 9.59 Å². The molecule has 0 bridgehead atoms. The van der Waals surface area contributed by atoms with E-state index >= 15 is 0 Å². The molecule has 0 radical (unpaired) electrons. The molecular weight excluding hydrogens is 288 g/mol. The van der Waals surface area contributed by atoms with Crippen LogP contribution >= 0.6 is 23.1 Å². The van der Waals surface area contributed by atoms with Crippen LogP contribution in [0.3, 0.4) is 0 Å². The van der Waals surface area contributed by atoms with Crippen molar-refractivity contribution >= 4 is 40.1 Å². The molecule has 0 atom stereocenters. The van der Waals surface area contributed by atoms with Gasteiger partial charge < -0.3 is 15.7 Å². The molecule has 1 amide bonds. The molecule has 1 aromatic heterocycles. The van der Waals surface area contributed by atoms with Crippen LogP contribution < -0.4 is 10.6 Å². The summed E-state index contributed by atoms with van der Waals surface area (Å²) in [5.74, 6) is -0.554. The topological polar surface area (TPSA) is 104 Å². The van der Waals surface area contributed by atoms with E-state index in [1.54, 1.807) is 0 Å². The van der Waals surface area contributed by atoms with Gasteiger partial charge in [-0.2, -0.15) is 0 Å². The van der Waals surface area contributed by atoms with Gasteiger partial charge in [0, 0.05) is 19.0 Å². The van der Waals surface area contributed by atoms with Crippen molar-refractivity contribution in [3.8, 4) is 0 Å². The zero-order valence-corrected chi connectivity index (χ0v) is 11.7. The van der Waals surface area contributed by atoms with Gasteiger partial charge in [0.1, 0.15) is 0 Å². The summed E-state index contributed by atoms with van der Waals surface area (Å²) in [4.78, 5) is 21.7. The third-order valence-electron chi connectivity index (χ3n) is 2.37. The summed E-state index contributed by atoms with van der Waals surface area (Å²) in [5.41, 5.74) is 0. The molecule has 1 aliphatic rings. The standard InChI is InChI=1S/C10H14N4O3S2/c15-7(16)5-18-10-14-13-9(19-10)12-4-3-11-8(17)6-1-2-6/h6H,1-5H2,(H,11,17)(H,12,13)(H,15,16). The van der Waals surface area contributed by atoms with Crippen molar-refractivity contribution in [2.24, 2.45) is 5.92 Å². The molecule has 0 aliphatic heterocycles. The normalized spacial score (nSPS) is 14.1. The first-order valence-electron chi connectivity index (χ1n) is 5.85. The fraction of sp³-hybridized carbons (Fsp3) is 0.600. The summed E-state index contributed by atoms with van der Waals surface area (Å²) < 4.78 is 0.618. The smallest absolute Gasteiger partial charge is 0.313 e. The number of carbonyl (C=O) groups is 2. The highest BCUT2D eigenvalue weighted by Crippen LogP contribution is 2.28. The Kier molecular flexibility index (Phi) is 4.97. The Balaban J connectivity index is 1.62. The Hall–Kier alpha value is -1.35. The summed E-state index contributed by atoms with van der Waals surface area (Å²) >= 11 is 2.45. The predicted molar refractivity (Wildman–Crippen MR) is 72.5 cm³/mol. The first-order valence-corrected chi connectivity index (χ1v) is 7.65. The minimum Gasteiger partial charge on any atom is -0.481 e. The van der Waals surface area contributed by atoms with Crippen LogP contribution in [0.2, 0.25) is 0 Å². The van der Waals surface area contributed by atoms with E-state index in [2.05, 4.69) is 20.8 Å². The average molecular weight is 302 g/mol. The Morgan fingerprint density at radius 1 is 1.37 bits per heavy atom. The number of carboxylic acid groups (broad SMARTS) is 1. The van der Waals surface area contributed by atoms with Crippen molar-refractivity contribution < 1.29 is 14.7 Å². The van der Waals surface area contributed by atoms with Gasteiger partial charge in [0.05, 0.1) is 5.75 Å². The van der Waals surface area contributed by atoms with Gasteiger partial charge in [-0.3, -0.25) is 9.59 Å². The highest BCUT2D eigenvalue weighted by atomic mass is 32.2. The molecule has 1 heterocycles. The van der Waals surface area contributed by atoms with Gasteiger partial charge in [-0.25, -0.2) is 0 Å². The number of nitrogens with zero attached hydrogens (tertiary/aromatic N) is 2. The molecule has 0 unspecified atom stereocenters. The fourth-order valence-corrected chi connectivity index (χ4v) is 2.81. The largest absolute Gasteiger partial charge is 0.481 e.